The molecule has 1 aliphatic rings. The van der Waals surface area contributed by atoms with E-state index in [0.29, 0.717) is 5.69 Å². The van der Waals surface area contributed by atoms with Gasteiger partial charge in [-0.15, -0.1) is 0 Å². The van der Waals surface area contributed by atoms with Gasteiger partial charge in [-0.2, -0.15) is 13.2 Å². The minimum atomic E-state index is -4.46. The van der Waals surface area contributed by atoms with E-state index >= 15 is 0 Å². The van der Waals surface area contributed by atoms with Crippen LogP contribution in [-0.4, -0.2) is 26.6 Å². The maximum atomic E-state index is 12.6. The van der Waals surface area contributed by atoms with Gasteiger partial charge in [-0.05, 0) is 40.8 Å². The smallest absolute Gasteiger partial charge is 0.311 e. The second-order valence-electron chi connectivity index (χ2n) is 4.94. The average molecular weight is 468 g/mol. The maximum Gasteiger partial charge on any atom is 0.416 e. The van der Waals surface area contributed by atoms with Crippen molar-refractivity contribution in [3.05, 3.63) is 27.3 Å². The van der Waals surface area contributed by atoms with Crippen LogP contribution in [0.2, 0.25) is 0 Å². The summed E-state index contributed by atoms with van der Waals surface area (Å²) in [5, 5.41) is 0. The first-order valence-corrected chi connectivity index (χ1v) is 9.62. The van der Waals surface area contributed by atoms with Crippen LogP contribution in [-0.2, 0) is 20.0 Å². The van der Waals surface area contributed by atoms with Gasteiger partial charge in [0, 0.05) is 33.1 Å². The van der Waals surface area contributed by atoms with Gasteiger partial charge in [0.1, 0.15) is 0 Å². The molecule has 1 amide bonds. The van der Waals surface area contributed by atoms with Crippen LogP contribution in [0.25, 0.3) is 0 Å². The molecule has 1 fully saturated rings. The molecule has 0 aromatic heterocycles. The van der Waals surface area contributed by atoms with E-state index in [4.69, 9.17) is 10.7 Å². The fourth-order valence-electron chi connectivity index (χ4n) is 2.31. The highest BCUT2D eigenvalue weighted by Crippen LogP contribution is 2.35. The van der Waals surface area contributed by atoms with E-state index in [1.54, 1.807) is 22.6 Å². The molecule has 2 rings (SSSR count). The standard InChI is InChI=1S/C12H10ClF3INO3S/c13-22(20,21)6-7-3-11(19)18(5-7)10-2-1-8(4-9(10)17)12(14,15)16/h1-2,4,7H,3,5-6H2. The molecule has 1 aliphatic heterocycles. The fourth-order valence-corrected chi connectivity index (χ4v) is 4.44. The Morgan fingerprint density at radius 3 is 2.50 bits per heavy atom. The molecule has 10 heteroatoms. The third-order valence-electron chi connectivity index (χ3n) is 3.21. The maximum absolute atomic E-state index is 12.6. The number of benzene rings is 1. The first kappa shape index (κ1) is 17.8. The highest BCUT2D eigenvalue weighted by atomic mass is 127. The van der Waals surface area contributed by atoms with E-state index in [2.05, 4.69) is 0 Å². The molecular weight excluding hydrogens is 458 g/mol. The van der Waals surface area contributed by atoms with Gasteiger partial charge in [0.15, 0.2) is 0 Å². The number of halogens is 5. The zero-order valence-corrected chi connectivity index (χ0v) is 14.6. The van der Waals surface area contributed by atoms with Crippen molar-refractivity contribution >= 4 is 53.9 Å². The molecular formula is C12H10ClF3INO3S. The summed E-state index contributed by atoms with van der Waals surface area (Å²) >= 11 is 1.72. The highest BCUT2D eigenvalue weighted by Gasteiger charge is 2.35. The molecule has 0 radical (unpaired) electrons. The van der Waals surface area contributed by atoms with Crippen molar-refractivity contribution in [2.75, 3.05) is 17.2 Å². The van der Waals surface area contributed by atoms with Gasteiger partial charge in [-0.25, -0.2) is 8.42 Å². The van der Waals surface area contributed by atoms with Crippen LogP contribution >= 0.6 is 33.3 Å². The van der Waals surface area contributed by atoms with E-state index < -0.39 is 26.7 Å². The number of hydrogen-bond acceptors (Lipinski definition) is 3. The summed E-state index contributed by atoms with van der Waals surface area (Å²) in [5.74, 6) is -1.13. The lowest BCUT2D eigenvalue weighted by Gasteiger charge is -2.19. The third-order valence-corrected chi connectivity index (χ3v) is 5.32. The van der Waals surface area contributed by atoms with E-state index in [0.717, 1.165) is 12.1 Å². The van der Waals surface area contributed by atoms with Crippen LogP contribution in [0.15, 0.2) is 18.2 Å². The lowest BCUT2D eigenvalue weighted by Crippen LogP contribution is -2.26. The van der Waals surface area contributed by atoms with E-state index in [-0.39, 0.29) is 28.2 Å². The number of hydrogen-bond donors (Lipinski definition) is 0. The Bertz CT molecular complexity index is 708. The summed E-state index contributed by atoms with van der Waals surface area (Å²) in [5.41, 5.74) is -0.458. The number of anilines is 1. The van der Waals surface area contributed by atoms with Gasteiger partial charge in [-0.1, -0.05) is 0 Å². The molecule has 0 aliphatic carbocycles. The molecule has 1 aromatic rings. The lowest BCUT2D eigenvalue weighted by molar-refractivity contribution is -0.137. The Balaban J connectivity index is 2.24. The first-order chi connectivity index (χ1) is 9.97. The van der Waals surface area contributed by atoms with Gasteiger partial charge in [0.05, 0.1) is 17.0 Å². The predicted molar refractivity (Wildman–Crippen MR) is 84.3 cm³/mol. The molecule has 0 spiro atoms. The van der Waals surface area contributed by atoms with Gasteiger partial charge in [0.2, 0.25) is 15.0 Å². The number of rotatable bonds is 3. The van der Waals surface area contributed by atoms with E-state index in [1.165, 1.54) is 11.0 Å². The van der Waals surface area contributed by atoms with Gasteiger partial charge in [0.25, 0.3) is 0 Å². The van der Waals surface area contributed by atoms with Crippen molar-refractivity contribution in [2.24, 2.45) is 5.92 Å². The monoisotopic (exact) mass is 467 g/mol. The van der Waals surface area contributed by atoms with Crippen molar-refractivity contribution in [1.29, 1.82) is 0 Å². The Morgan fingerprint density at radius 2 is 2.00 bits per heavy atom. The largest absolute Gasteiger partial charge is 0.416 e. The predicted octanol–water partition coefficient (Wildman–Crippen LogP) is 3.23. The van der Waals surface area contributed by atoms with Crippen molar-refractivity contribution in [3.8, 4) is 0 Å². The minimum Gasteiger partial charge on any atom is -0.311 e. The third kappa shape index (κ3) is 4.25. The summed E-state index contributed by atoms with van der Waals surface area (Å²) in [7, 11) is 1.44. The zero-order chi connectivity index (χ0) is 16.7. The Labute approximate surface area is 143 Å². The van der Waals surface area contributed by atoms with Crippen LogP contribution < -0.4 is 4.90 Å². The van der Waals surface area contributed by atoms with Crippen LogP contribution in [0.3, 0.4) is 0 Å². The normalized spacial score (nSPS) is 19.8. The molecule has 22 heavy (non-hydrogen) atoms. The average Bonchev–Trinajstić information content (AvgIpc) is 2.66. The molecule has 122 valence electrons. The zero-order valence-electron chi connectivity index (χ0n) is 10.9. The van der Waals surface area contributed by atoms with Crippen LogP contribution in [0.4, 0.5) is 18.9 Å². The molecule has 4 nitrogen and oxygen atoms in total. The fraction of sp³-hybridized carbons (Fsp3) is 0.417. The van der Waals surface area contributed by atoms with Gasteiger partial charge in [-0.3, -0.25) is 4.79 Å². The summed E-state index contributed by atoms with van der Waals surface area (Å²) < 4.78 is 60.3. The number of carbonyl (C=O) groups excluding carboxylic acids is 1. The molecule has 1 atom stereocenters. The quantitative estimate of drug-likeness (QED) is 0.507. The Morgan fingerprint density at radius 1 is 1.36 bits per heavy atom. The van der Waals surface area contributed by atoms with Crippen molar-refractivity contribution in [3.63, 3.8) is 0 Å². The topological polar surface area (TPSA) is 54.5 Å². The van der Waals surface area contributed by atoms with Gasteiger partial charge >= 0.3 is 6.18 Å². The minimum absolute atomic E-state index is 0.00303. The number of alkyl halides is 3. The highest BCUT2D eigenvalue weighted by molar-refractivity contribution is 14.1. The van der Waals surface area contributed by atoms with Crippen molar-refractivity contribution in [2.45, 2.75) is 12.6 Å². The van der Waals surface area contributed by atoms with E-state index in [9.17, 15) is 26.4 Å². The molecule has 1 saturated heterocycles. The molecule has 0 saturated carbocycles. The lowest BCUT2D eigenvalue weighted by atomic mass is 10.1. The summed E-state index contributed by atoms with van der Waals surface area (Å²) in [6, 6.07) is 3.07. The summed E-state index contributed by atoms with van der Waals surface area (Å²) in [6.45, 7) is 0.117. The first-order valence-electron chi connectivity index (χ1n) is 6.07. The SMILES string of the molecule is O=C1CC(CS(=O)(=O)Cl)CN1c1ccc(C(F)(F)F)cc1I. The van der Waals surface area contributed by atoms with Crippen LogP contribution in [0, 0.1) is 9.49 Å². The number of carbonyl (C=O) groups is 1. The molecule has 1 unspecified atom stereocenters. The Kier molecular flexibility index (Phi) is 4.98. The van der Waals surface area contributed by atoms with Crippen LogP contribution in [0.1, 0.15) is 12.0 Å². The number of amides is 1. The molecule has 1 aromatic carbocycles. The van der Waals surface area contributed by atoms with E-state index in [1.807, 2.05) is 0 Å². The molecule has 1 heterocycles. The molecule has 0 bridgehead atoms. The molecule has 0 N–H and O–H groups in total. The Hall–Kier alpha value is -0.550. The summed E-state index contributed by atoms with van der Waals surface area (Å²) in [6.07, 6.45) is -4.45. The van der Waals surface area contributed by atoms with Gasteiger partial charge < -0.3 is 4.90 Å². The summed E-state index contributed by atoms with van der Waals surface area (Å²) in [4.78, 5) is 13.3. The number of nitrogens with zero attached hydrogens (tertiary/aromatic N) is 1. The second kappa shape index (κ2) is 6.16. The van der Waals surface area contributed by atoms with Crippen molar-refractivity contribution < 1.29 is 26.4 Å². The van der Waals surface area contributed by atoms with Crippen LogP contribution in [0.5, 0.6) is 0 Å². The second-order valence-corrected chi connectivity index (χ2v) is 8.93. The van der Waals surface area contributed by atoms with Crippen molar-refractivity contribution in [1.82, 2.24) is 0 Å².